The molecule has 3 rings (SSSR count). The van der Waals surface area contributed by atoms with E-state index in [-0.39, 0.29) is 29.4 Å². The number of aromatic nitrogens is 3. The van der Waals surface area contributed by atoms with Crippen LogP contribution < -0.4 is 10.6 Å². The Hall–Kier alpha value is -2.42. The molecule has 2 aromatic carbocycles. The first-order chi connectivity index (χ1) is 14.0. The highest BCUT2D eigenvalue weighted by Crippen LogP contribution is 2.21. The van der Waals surface area contributed by atoms with Gasteiger partial charge in [-0.1, -0.05) is 74.5 Å². The van der Waals surface area contributed by atoms with Crippen molar-refractivity contribution in [3.05, 3.63) is 83.4 Å². The molecule has 3 aromatic rings. The van der Waals surface area contributed by atoms with Gasteiger partial charge in [0.2, 0.25) is 0 Å². The van der Waals surface area contributed by atoms with E-state index in [0.717, 1.165) is 24.2 Å². The van der Waals surface area contributed by atoms with E-state index in [2.05, 4.69) is 71.1 Å². The van der Waals surface area contributed by atoms with E-state index in [1.165, 1.54) is 11.1 Å². The summed E-state index contributed by atoms with van der Waals surface area (Å²) in [6.07, 6.45) is 0. The first-order valence-electron chi connectivity index (χ1n) is 9.92. The Morgan fingerprint density at radius 1 is 0.967 bits per heavy atom. The first-order valence-corrected chi connectivity index (χ1v) is 9.92. The molecule has 160 valence electrons. The van der Waals surface area contributed by atoms with Crippen LogP contribution in [-0.4, -0.2) is 27.3 Å². The van der Waals surface area contributed by atoms with Crippen molar-refractivity contribution >= 4 is 29.9 Å². The van der Waals surface area contributed by atoms with Crippen LogP contribution in [0.2, 0.25) is 0 Å². The van der Waals surface area contributed by atoms with Gasteiger partial charge in [0.1, 0.15) is 5.82 Å². The number of aryl methyl sites for hydroxylation is 1. The van der Waals surface area contributed by atoms with E-state index in [9.17, 15) is 0 Å². The molecule has 6 nitrogen and oxygen atoms in total. The van der Waals surface area contributed by atoms with Crippen LogP contribution in [0.25, 0.3) is 0 Å². The van der Waals surface area contributed by atoms with Gasteiger partial charge in [-0.3, -0.25) is 0 Å². The van der Waals surface area contributed by atoms with Crippen molar-refractivity contribution < 1.29 is 0 Å². The highest BCUT2D eigenvalue weighted by atomic mass is 127. The van der Waals surface area contributed by atoms with Crippen molar-refractivity contribution in [1.82, 2.24) is 25.4 Å². The van der Waals surface area contributed by atoms with Crippen LogP contribution in [-0.2, 0) is 25.6 Å². The molecule has 0 saturated heterocycles. The molecule has 0 atom stereocenters. The number of halogens is 1. The van der Waals surface area contributed by atoms with Crippen LogP contribution in [0.5, 0.6) is 0 Å². The Balaban J connectivity index is 0.00000320. The van der Waals surface area contributed by atoms with Crippen LogP contribution in [0.3, 0.4) is 0 Å². The lowest BCUT2D eigenvalue weighted by atomic mass is 9.85. The Morgan fingerprint density at radius 2 is 1.60 bits per heavy atom. The van der Waals surface area contributed by atoms with E-state index < -0.39 is 0 Å². The van der Waals surface area contributed by atoms with Gasteiger partial charge >= 0.3 is 0 Å². The number of rotatable bonds is 7. The number of guanidine groups is 1. The maximum Gasteiger partial charge on any atom is 0.192 e. The number of hydrogen-bond acceptors (Lipinski definition) is 3. The highest BCUT2D eigenvalue weighted by Gasteiger charge is 2.20. The van der Waals surface area contributed by atoms with E-state index in [0.29, 0.717) is 13.1 Å². The summed E-state index contributed by atoms with van der Waals surface area (Å²) in [5.74, 6) is 2.53. The smallest absolute Gasteiger partial charge is 0.192 e. The Bertz CT molecular complexity index is 935. The maximum atomic E-state index is 4.78. The third-order valence-corrected chi connectivity index (χ3v) is 5.11. The van der Waals surface area contributed by atoms with Gasteiger partial charge in [-0.15, -0.1) is 34.2 Å². The average molecular weight is 518 g/mol. The normalized spacial score (nSPS) is 11.7. The zero-order chi connectivity index (χ0) is 20.7. The van der Waals surface area contributed by atoms with Crippen LogP contribution in [0.1, 0.15) is 36.6 Å². The molecule has 0 unspecified atom stereocenters. The second-order valence-corrected chi connectivity index (χ2v) is 7.83. The molecule has 7 heteroatoms. The molecule has 0 saturated carbocycles. The lowest BCUT2D eigenvalue weighted by Crippen LogP contribution is -2.43. The van der Waals surface area contributed by atoms with Crippen LogP contribution in [0.15, 0.2) is 65.7 Å². The summed E-state index contributed by atoms with van der Waals surface area (Å²) >= 11 is 0. The van der Waals surface area contributed by atoms with Gasteiger partial charge in [0.25, 0.3) is 0 Å². The van der Waals surface area contributed by atoms with Crippen LogP contribution in [0, 0.1) is 6.92 Å². The van der Waals surface area contributed by atoms with Gasteiger partial charge in [0.05, 0.1) is 13.1 Å². The monoisotopic (exact) mass is 518 g/mol. The topological polar surface area (TPSA) is 67.1 Å². The van der Waals surface area contributed by atoms with Gasteiger partial charge in [0, 0.05) is 19.0 Å². The van der Waals surface area contributed by atoms with Crippen molar-refractivity contribution in [3.63, 3.8) is 0 Å². The number of benzene rings is 2. The Labute approximate surface area is 196 Å². The van der Waals surface area contributed by atoms with E-state index in [1.807, 2.05) is 42.8 Å². The summed E-state index contributed by atoms with van der Waals surface area (Å²) in [6, 6.07) is 20.8. The van der Waals surface area contributed by atoms with Crippen molar-refractivity contribution in [2.45, 2.75) is 39.3 Å². The van der Waals surface area contributed by atoms with Crippen LogP contribution in [0.4, 0.5) is 0 Å². The van der Waals surface area contributed by atoms with Crippen molar-refractivity contribution in [2.24, 2.45) is 12.0 Å². The van der Waals surface area contributed by atoms with Gasteiger partial charge in [-0.25, -0.2) is 4.99 Å². The van der Waals surface area contributed by atoms with E-state index >= 15 is 0 Å². The van der Waals surface area contributed by atoms with E-state index in [1.54, 1.807) is 0 Å². The quantitative estimate of drug-likeness (QED) is 0.283. The standard InChI is InChI=1S/C23H30N6.HI/c1-18-27-28-21(29(18)4)16-25-22(24-15-19-11-7-5-8-12-19)26-17-23(2,3)20-13-9-6-10-14-20;/h5-14H,15-17H2,1-4H3,(H2,24,25,26);1H. The third kappa shape index (κ3) is 6.55. The average Bonchev–Trinajstić information content (AvgIpc) is 3.06. The Morgan fingerprint density at radius 3 is 2.20 bits per heavy atom. The number of hydrogen-bond donors (Lipinski definition) is 2. The summed E-state index contributed by atoms with van der Waals surface area (Å²) in [7, 11) is 1.97. The fraction of sp³-hybridized carbons (Fsp3) is 0.348. The van der Waals surface area contributed by atoms with Crippen molar-refractivity contribution in [2.75, 3.05) is 6.54 Å². The van der Waals surface area contributed by atoms with Crippen LogP contribution >= 0.6 is 24.0 Å². The molecule has 0 aliphatic carbocycles. The Kier molecular flexibility index (Phi) is 8.83. The largest absolute Gasteiger partial charge is 0.356 e. The summed E-state index contributed by atoms with van der Waals surface area (Å²) in [6.45, 7) is 8.34. The first kappa shape index (κ1) is 23.9. The molecule has 1 heterocycles. The molecule has 0 aliphatic rings. The second kappa shape index (κ2) is 11.1. The third-order valence-electron chi connectivity index (χ3n) is 5.11. The molecule has 2 N–H and O–H groups in total. The second-order valence-electron chi connectivity index (χ2n) is 7.83. The van der Waals surface area contributed by atoms with Crippen molar-refractivity contribution in [1.29, 1.82) is 0 Å². The SMILES string of the molecule is Cc1nnc(CNC(=NCc2ccccc2)NCC(C)(C)c2ccccc2)n1C.I. The minimum absolute atomic E-state index is 0. The molecule has 30 heavy (non-hydrogen) atoms. The van der Waals surface area contributed by atoms with Gasteiger partial charge in [-0.2, -0.15) is 0 Å². The molecule has 0 fully saturated rings. The minimum Gasteiger partial charge on any atom is -0.356 e. The fourth-order valence-corrected chi connectivity index (χ4v) is 2.99. The molecule has 0 aliphatic heterocycles. The van der Waals surface area contributed by atoms with Gasteiger partial charge in [-0.05, 0) is 18.1 Å². The molecule has 0 spiro atoms. The predicted molar refractivity (Wildman–Crippen MR) is 133 cm³/mol. The predicted octanol–water partition coefficient (Wildman–Crippen LogP) is 3.95. The summed E-state index contributed by atoms with van der Waals surface area (Å²) in [5.41, 5.74) is 2.43. The van der Waals surface area contributed by atoms with Gasteiger partial charge < -0.3 is 15.2 Å². The molecule has 0 bridgehead atoms. The highest BCUT2D eigenvalue weighted by molar-refractivity contribution is 14.0. The molecule has 1 aromatic heterocycles. The maximum absolute atomic E-state index is 4.78. The molecule has 0 radical (unpaired) electrons. The van der Waals surface area contributed by atoms with Crippen molar-refractivity contribution in [3.8, 4) is 0 Å². The molecular formula is C23H31IN6. The number of nitrogens with one attached hydrogen (secondary N) is 2. The molecule has 0 amide bonds. The zero-order valence-electron chi connectivity index (χ0n) is 18.1. The lowest BCUT2D eigenvalue weighted by Gasteiger charge is -2.27. The lowest BCUT2D eigenvalue weighted by molar-refractivity contribution is 0.507. The molecular weight excluding hydrogens is 487 g/mol. The summed E-state index contributed by atoms with van der Waals surface area (Å²) in [4.78, 5) is 4.78. The fourth-order valence-electron chi connectivity index (χ4n) is 2.99. The van der Waals surface area contributed by atoms with E-state index in [4.69, 9.17) is 4.99 Å². The minimum atomic E-state index is -0.0299. The summed E-state index contributed by atoms with van der Waals surface area (Å²) in [5, 5.41) is 15.3. The zero-order valence-corrected chi connectivity index (χ0v) is 20.4. The summed E-state index contributed by atoms with van der Waals surface area (Å²) < 4.78 is 1.98. The van der Waals surface area contributed by atoms with Gasteiger partial charge in [0.15, 0.2) is 11.8 Å². The number of aliphatic imine (C=N–C) groups is 1. The number of nitrogens with zero attached hydrogens (tertiary/aromatic N) is 4.